The Balaban J connectivity index is 1.81. The summed E-state index contributed by atoms with van der Waals surface area (Å²) in [4.78, 5) is 19.8. The maximum atomic E-state index is 14.0. The fourth-order valence-electron chi connectivity index (χ4n) is 4.39. The van der Waals surface area contributed by atoms with Gasteiger partial charge in [0.15, 0.2) is 0 Å². The summed E-state index contributed by atoms with van der Waals surface area (Å²) in [5.41, 5.74) is 1.19. The highest BCUT2D eigenvalue weighted by molar-refractivity contribution is 7.91. The topological polar surface area (TPSA) is 86.2 Å². The fourth-order valence-corrected chi connectivity index (χ4v) is 5.08. The van der Waals surface area contributed by atoms with Gasteiger partial charge in [-0.15, -0.1) is 0 Å². The zero-order chi connectivity index (χ0) is 27.0. The summed E-state index contributed by atoms with van der Waals surface area (Å²) < 4.78 is 76.0. The molecule has 6 nitrogen and oxygen atoms in total. The molecule has 0 saturated carbocycles. The number of benzene rings is 2. The number of carbonyl (C=O) groups is 1. The molecule has 1 amide bonds. The van der Waals surface area contributed by atoms with Crippen LogP contribution in [-0.2, 0) is 9.73 Å². The second kappa shape index (κ2) is 10.1. The Morgan fingerprint density at radius 3 is 2.49 bits per heavy atom. The highest BCUT2D eigenvalue weighted by Crippen LogP contribution is 2.35. The Kier molecular flexibility index (Phi) is 7.27. The third-order valence-electron chi connectivity index (χ3n) is 6.28. The van der Waals surface area contributed by atoms with E-state index in [2.05, 4.69) is 10.3 Å². The highest BCUT2D eigenvalue weighted by atomic mass is 32.2. The van der Waals surface area contributed by atoms with Gasteiger partial charge in [0.1, 0.15) is 17.5 Å². The molecule has 1 atom stereocenters. The molecule has 2 N–H and O–H groups in total. The number of nitrogens with zero attached hydrogens (tertiary/aromatic N) is 2. The number of hydrogen-bond donors (Lipinski definition) is 2. The molecule has 0 radical (unpaired) electrons. The molecular weight excluding hydrogens is 508 g/mol. The summed E-state index contributed by atoms with van der Waals surface area (Å²) in [6.45, 7) is 1.83. The molecule has 2 aromatic carbocycles. The maximum absolute atomic E-state index is 14.0. The van der Waals surface area contributed by atoms with E-state index in [9.17, 15) is 26.6 Å². The van der Waals surface area contributed by atoms with E-state index in [0.717, 1.165) is 18.2 Å². The van der Waals surface area contributed by atoms with Gasteiger partial charge < -0.3 is 10.2 Å². The van der Waals surface area contributed by atoms with Gasteiger partial charge in [0.2, 0.25) is 5.92 Å². The molecule has 37 heavy (non-hydrogen) atoms. The number of hydrogen-bond acceptors (Lipinski definition) is 5. The number of aromatic nitrogens is 1. The van der Waals surface area contributed by atoms with Crippen LogP contribution in [0.5, 0.6) is 0 Å². The van der Waals surface area contributed by atoms with E-state index >= 15 is 0 Å². The van der Waals surface area contributed by atoms with Crippen molar-refractivity contribution < 1.29 is 26.6 Å². The molecule has 11 heteroatoms. The summed E-state index contributed by atoms with van der Waals surface area (Å²) in [5.74, 6) is -4.86. The number of halogens is 4. The number of anilines is 2. The Labute approximate surface area is 212 Å². The first-order chi connectivity index (χ1) is 17.3. The van der Waals surface area contributed by atoms with Crippen LogP contribution in [0.2, 0.25) is 0 Å². The van der Waals surface area contributed by atoms with Gasteiger partial charge in [-0.25, -0.2) is 31.5 Å². The number of pyridine rings is 1. The lowest BCUT2D eigenvalue weighted by atomic mass is 9.97. The molecule has 0 spiro atoms. The van der Waals surface area contributed by atoms with Crippen LogP contribution in [0.1, 0.15) is 35.2 Å². The number of rotatable bonds is 5. The summed E-state index contributed by atoms with van der Waals surface area (Å²) in [6.07, 6.45) is 2.16. The molecule has 0 aliphatic carbocycles. The van der Waals surface area contributed by atoms with Gasteiger partial charge in [0, 0.05) is 60.6 Å². The van der Waals surface area contributed by atoms with Crippen molar-refractivity contribution in [1.82, 2.24) is 4.98 Å². The van der Waals surface area contributed by atoms with Gasteiger partial charge in [0.25, 0.3) is 5.91 Å². The number of carbonyl (C=O) groups excluding carboxylic acids is 1. The highest BCUT2D eigenvalue weighted by Gasteiger charge is 2.33. The lowest BCUT2D eigenvalue weighted by Gasteiger charge is -2.26. The molecule has 1 fully saturated rings. The van der Waals surface area contributed by atoms with Crippen molar-refractivity contribution in [3.05, 3.63) is 71.4 Å². The molecule has 1 saturated heterocycles. The Morgan fingerprint density at radius 2 is 1.81 bits per heavy atom. The van der Waals surface area contributed by atoms with Gasteiger partial charge in [0.05, 0.1) is 15.3 Å². The van der Waals surface area contributed by atoms with E-state index in [1.54, 1.807) is 24.0 Å². The van der Waals surface area contributed by atoms with Crippen molar-refractivity contribution in [3.63, 3.8) is 0 Å². The maximum Gasteiger partial charge on any atom is 0.259 e. The van der Waals surface area contributed by atoms with Crippen molar-refractivity contribution in [2.75, 3.05) is 29.6 Å². The molecular formula is C26H26F4N4O2S. The summed E-state index contributed by atoms with van der Waals surface area (Å²) >= 11 is 0. The molecule has 1 aliphatic heterocycles. The Morgan fingerprint density at radius 1 is 1.11 bits per heavy atom. The van der Waals surface area contributed by atoms with Gasteiger partial charge in [-0.1, -0.05) is 6.07 Å². The van der Waals surface area contributed by atoms with E-state index in [4.69, 9.17) is 4.78 Å². The molecule has 2 heterocycles. The first kappa shape index (κ1) is 26.6. The number of nitrogens with one attached hydrogen (secondary N) is 2. The second-order valence-electron chi connectivity index (χ2n) is 9.18. The first-order valence-corrected chi connectivity index (χ1v) is 13.5. The Hall–Kier alpha value is -3.47. The van der Waals surface area contributed by atoms with E-state index in [1.807, 2.05) is 0 Å². The predicted octanol–water partition coefficient (Wildman–Crippen LogP) is 6.25. The third-order valence-corrected chi connectivity index (χ3v) is 7.43. The average molecular weight is 535 g/mol. The lowest BCUT2D eigenvalue weighted by molar-refractivity contribution is -0.0102. The summed E-state index contributed by atoms with van der Waals surface area (Å²) in [7, 11) is -3.04. The summed E-state index contributed by atoms with van der Waals surface area (Å²) in [5, 5.41) is 2.71. The SMILES string of the molecule is Cc1c(-c2cc(F)cc(F)c2)cnc(N2CCCC(F)(F)CC2)c1C(=O)Nc1cccc([S@](C)(=N)=O)c1. The van der Waals surface area contributed by atoms with Crippen LogP contribution in [-0.4, -0.2) is 40.4 Å². The number of alkyl halides is 2. The monoisotopic (exact) mass is 534 g/mol. The molecule has 1 aliphatic rings. The first-order valence-electron chi connectivity index (χ1n) is 11.6. The second-order valence-corrected chi connectivity index (χ2v) is 11.3. The zero-order valence-electron chi connectivity index (χ0n) is 20.3. The molecule has 196 valence electrons. The van der Waals surface area contributed by atoms with Gasteiger partial charge >= 0.3 is 0 Å². The molecule has 0 unspecified atom stereocenters. The molecule has 3 aromatic rings. The van der Waals surface area contributed by atoms with Crippen LogP contribution in [0.15, 0.2) is 53.6 Å². The van der Waals surface area contributed by atoms with Crippen molar-refractivity contribution >= 4 is 27.1 Å². The lowest BCUT2D eigenvalue weighted by Crippen LogP contribution is -2.30. The minimum atomic E-state index is -3.04. The third kappa shape index (κ3) is 6.10. The van der Waals surface area contributed by atoms with Crippen LogP contribution in [0.3, 0.4) is 0 Å². The van der Waals surface area contributed by atoms with Crippen LogP contribution in [0.4, 0.5) is 29.1 Å². The van der Waals surface area contributed by atoms with Crippen LogP contribution < -0.4 is 10.2 Å². The van der Waals surface area contributed by atoms with Crippen LogP contribution >= 0.6 is 0 Å². The Bertz CT molecular complexity index is 1440. The van der Waals surface area contributed by atoms with Crippen LogP contribution in [0.25, 0.3) is 11.1 Å². The quantitative estimate of drug-likeness (QED) is 0.379. The largest absolute Gasteiger partial charge is 0.356 e. The normalized spacial score (nSPS) is 17.1. The zero-order valence-corrected chi connectivity index (χ0v) is 21.1. The average Bonchev–Trinajstić information content (AvgIpc) is 2.98. The van der Waals surface area contributed by atoms with Crippen molar-refractivity contribution in [2.45, 2.75) is 37.0 Å². The smallest absolute Gasteiger partial charge is 0.259 e. The fraction of sp³-hybridized carbons (Fsp3) is 0.308. The van der Waals surface area contributed by atoms with Crippen molar-refractivity contribution in [1.29, 1.82) is 4.78 Å². The van der Waals surface area contributed by atoms with E-state index < -0.39 is 39.6 Å². The van der Waals surface area contributed by atoms with Gasteiger partial charge in [-0.05, 0) is 54.8 Å². The molecule has 1 aromatic heterocycles. The summed E-state index contributed by atoms with van der Waals surface area (Å²) in [6, 6.07) is 9.03. The van der Waals surface area contributed by atoms with E-state index in [1.165, 1.54) is 24.6 Å². The minimum Gasteiger partial charge on any atom is -0.356 e. The number of amides is 1. The van der Waals surface area contributed by atoms with Crippen LogP contribution in [0, 0.1) is 23.3 Å². The van der Waals surface area contributed by atoms with Gasteiger partial charge in [-0.3, -0.25) is 4.79 Å². The predicted molar refractivity (Wildman–Crippen MR) is 135 cm³/mol. The van der Waals surface area contributed by atoms with E-state index in [-0.39, 0.29) is 53.5 Å². The minimum absolute atomic E-state index is 0.0279. The molecule has 4 rings (SSSR count). The van der Waals surface area contributed by atoms with Crippen molar-refractivity contribution in [3.8, 4) is 11.1 Å². The van der Waals surface area contributed by atoms with Gasteiger partial charge in [-0.2, -0.15) is 0 Å². The molecule has 0 bridgehead atoms. The van der Waals surface area contributed by atoms with Crippen molar-refractivity contribution in [2.24, 2.45) is 0 Å². The standard InChI is InChI=1S/C26H26F4N4O2S/c1-16-22(17-11-18(27)13-19(28)12-17)15-32-24(34-9-4-7-26(29,30)8-10-34)23(16)25(35)33-20-5-3-6-21(14-20)37(2,31)36/h3,5-6,11-15,31H,4,7-10H2,1-2H3,(H,33,35)/t37-/m1/s1. The van der Waals surface area contributed by atoms with E-state index in [0.29, 0.717) is 11.1 Å².